The van der Waals surface area contributed by atoms with Crippen LogP contribution in [-0.4, -0.2) is 15.6 Å². The normalized spacial score (nSPS) is 16.8. The van der Waals surface area contributed by atoms with Gasteiger partial charge in [-0.25, -0.2) is 9.78 Å². The van der Waals surface area contributed by atoms with E-state index in [0.717, 1.165) is 35.3 Å². The minimum absolute atomic E-state index is 0.298. The van der Waals surface area contributed by atoms with Gasteiger partial charge in [-0.2, -0.15) is 4.99 Å². The van der Waals surface area contributed by atoms with E-state index in [0.29, 0.717) is 0 Å². The smallest absolute Gasteiger partial charge is 0.235 e. The van der Waals surface area contributed by atoms with E-state index in [1.807, 2.05) is 26.1 Å². The number of hydrogen-bond donors (Lipinski definition) is 0. The van der Waals surface area contributed by atoms with Gasteiger partial charge in [0.15, 0.2) is 0 Å². The highest BCUT2D eigenvalue weighted by atomic mass is 16.1. The summed E-state index contributed by atoms with van der Waals surface area (Å²) in [6.45, 7) is 1.98. The number of benzene rings is 1. The molecule has 0 N–H and O–H groups in total. The second-order valence-electron chi connectivity index (χ2n) is 4.66. The summed E-state index contributed by atoms with van der Waals surface area (Å²) in [6, 6.07) is 6.10. The van der Waals surface area contributed by atoms with Crippen molar-refractivity contribution in [2.75, 3.05) is 0 Å². The van der Waals surface area contributed by atoms with Gasteiger partial charge in [0, 0.05) is 7.05 Å². The third-order valence-corrected chi connectivity index (χ3v) is 3.63. The van der Waals surface area contributed by atoms with Gasteiger partial charge in [0.2, 0.25) is 6.08 Å². The van der Waals surface area contributed by atoms with Crippen LogP contribution in [-0.2, 0) is 17.4 Å². The van der Waals surface area contributed by atoms with Crippen molar-refractivity contribution < 1.29 is 4.79 Å². The lowest BCUT2D eigenvalue weighted by molar-refractivity contribution is 0.556. The molecule has 0 aliphatic heterocycles. The first-order valence-corrected chi connectivity index (χ1v) is 5.69. The lowest BCUT2D eigenvalue weighted by atomic mass is 10.1. The van der Waals surface area contributed by atoms with Crippen LogP contribution in [0.2, 0.25) is 0 Å². The quantitative estimate of drug-likeness (QED) is 0.583. The molecule has 1 aromatic heterocycles. The first-order valence-electron chi connectivity index (χ1n) is 5.69. The van der Waals surface area contributed by atoms with Crippen LogP contribution in [0.15, 0.2) is 23.2 Å². The molecule has 1 fully saturated rings. The van der Waals surface area contributed by atoms with E-state index in [-0.39, 0.29) is 5.54 Å². The van der Waals surface area contributed by atoms with Crippen molar-refractivity contribution >= 4 is 17.1 Å². The highest BCUT2D eigenvalue weighted by Crippen LogP contribution is 2.49. The predicted octanol–water partition coefficient (Wildman–Crippen LogP) is 2.21. The van der Waals surface area contributed by atoms with Gasteiger partial charge in [0.05, 0.1) is 16.6 Å². The Kier molecular flexibility index (Phi) is 1.98. The molecule has 0 atom stereocenters. The van der Waals surface area contributed by atoms with Gasteiger partial charge in [-0.3, -0.25) is 0 Å². The zero-order valence-corrected chi connectivity index (χ0v) is 9.90. The second kappa shape index (κ2) is 3.28. The molecular formula is C13H13N3O. The molecule has 0 amide bonds. The third kappa shape index (κ3) is 1.41. The van der Waals surface area contributed by atoms with Gasteiger partial charge in [-0.1, -0.05) is 6.07 Å². The first-order chi connectivity index (χ1) is 8.16. The summed E-state index contributed by atoms with van der Waals surface area (Å²) in [5.74, 6) is 0.987. The fourth-order valence-electron chi connectivity index (χ4n) is 2.27. The molecule has 1 aliphatic carbocycles. The van der Waals surface area contributed by atoms with Crippen molar-refractivity contribution in [1.82, 2.24) is 9.55 Å². The molecule has 0 radical (unpaired) electrons. The fourth-order valence-corrected chi connectivity index (χ4v) is 2.27. The third-order valence-electron chi connectivity index (χ3n) is 3.63. The van der Waals surface area contributed by atoms with Crippen LogP contribution >= 0.6 is 0 Å². The Morgan fingerprint density at radius 3 is 2.88 bits per heavy atom. The molecule has 2 aromatic rings. The van der Waals surface area contributed by atoms with E-state index in [1.165, 1.54) is 0 Å². The minimum atomic E-state index is -0.298. The molecule has 4 heteroatoms. The number of aromatic nitrogens is 2. The molecule has 3 rings (SSSR count). The van der Waals surface area contributed by atoms with E-state index < -0.39 is 0 Å². The fraction of sp³-hybridized carbons (Fsp3) is 0.385. The molecule has 1 aromatic carbocycles. The lowest BCUT2D eigenvalue weighted by Crippen LogP contribution is -2.02. The zero-order valence-electron chi connectivity index (χ0n) is 9.90. The average molecular weight is 227 g/mol. The molecule has 1 aliphatic rings. The largest absolute Gasteiger partial charge is 0.331 e. The Morgan fingerprint density at radius 1 is 1.47 bits per heavy atom. The van der Waals surface area contributed by atoms with Crippen LogP contribution in [0.25, 0.3) is 11.0 Å². The van der Waals surface area contributed by atoms with E-state index in [4.69, 9.17) is 0 Å². The summed E-state index contributed by atoms with van der Waals surface area (Å²) >= 11 is 0. The molecule has 0 saturated heterocycles. The van der Waals surface area contributed by atoms with Crippen LogP contribution in [0.1, 0.15) is 24.2 Å². The number of aryl methyl sites for hydroxylation is 2. The minimum Gasteiger partial charge on any atom is -0.331 e. The first kappa shape index (κ1) is 10.2. The number of isocyanates is 1. The van der Waals surface area contributed by atoms with Crippen molar-refractivity contribution in [1.29, 1.82) is 0 Å². The van der Waals surface area contributed by atoms with Gasteiger partial charge in [-0.05, 0) is 37.5 Å². The SMILES string of the molecule is Cc1nc2ccc(C3(N=C=O)CC3)cc2n1C. The summed E-state index contributed by atoms with van der Waals surface area (Å²) in [5, 5.41) is 0. The van der Waals surface area contributed by atoms with Gasteiger partial charge in [-0.15, -0.1) is 0 Å². The monoisotopic (exact) mass is 227 g/mol. The summed E-state index contributed by atoms with van der Waals surface area (Å²) in [5.41, 5.74) is 2.87. The maximum Gasteiger partial charge on any atom is 0.235 e. The standard InChI is InChI=1S/C13H13N3O/c1-9-15-11-4-3-10(7-12(11)16(9)2)13(5-6-13)14-8-17/h3-4,7H,5-6H2,1-2H3. The van der Waals surface area contributed by atoms with Crippen LogP contribution < -0.4 is 0 Å². The Morgan fingerprint density at radius 2 is 2.24 bits per heavy atom. The summed E-state index contributed by atoms with van der Waals surface area (Å²) in [4.78, 5) is 18.9. The summed E-state index contributed by atoms with van der Waals surface area (Å²) < 4.78 is 2.06. The Bertz CT molecular complexity index is 646. The summed E-state index contributed by atoms with van der Waals surface area (Å²) in [7, 11) is 2.00. The van der Waals surface area contributed by atoms with Gasteiger partial charge >= 0.3 is 0 Å². The van der Waals surface area contributed by atoms with Crippen LogP contribution in [0.3, 0.4) is 0 Å². The van der Waals surface area contributed by atoms with E-state index in [9.17, 15) is 4.79 Å². The van der Waals surface area contributed by atoms with Crippen LogP contribution in [0, 0.1) is 6.92 Å². The molecule has 0 unspecified atom stereocenters. The highest BCUT2D eigenvalue weighted by molar-refractivity contribution is 5.77. The molecule has 17 heavy (non-hydrogen) atoms. The van der Waals surface area contributed by atoms with E-state index >= 15 is 0 Å². The van der Waals surface area contributed by atoms with Crippen molar-refractivity contribution in [3.63, 3.8) is 0 Å². The van der Waals surface area contributed by atoms with Gasteiger partial charge < -0.3 is 4.57 Å². The number of aliphatic imine (C=N–C) groups is 1. The molecule has 0 spiro atoms. The number of imidazole rings is 1. The number of nitrogens with zero attached hydrogens (tertiary/aromatic N) is 3. The van der Waals surface area contributed by atoms with Gasteiger partial charge in [0.25, 0.3) is 0 Å². The topological polar surface area (TPSA) is 47.2 Å². The molecular weight excluding hydrogens is 214 g/mol. The van der Waals surface area contributed by atoms with Crippen molar-refractivity contribution in [2.45, 2.75) is 25.3 Å². The van der Waals surface area contributed by atoms with Crippen molar-refractivity contribution in [3.05, 3.63) is 29.6 Å². The number of carbonyl (C=O) groups excluding carboxylic acids is 1. The average Bonchev–Trinajstić information content (AvgIpc) is 3.04. The summed E-state index contributed by atoms with van der Waals surface area (Å²) in [6.07, 6.45) is 3.56. The molecule has 86 valence electrons. The maximum absolute atomic E-state index is 10.5. The number of rotatable bonds is 2. The van der Waals surface area contributed by atoms with Crippen molar-refractivity contribution in [3.8, 4) is 0 Å². The van der Waals surface area contributed by atoms with Crippen LogP contribution in [0.5, 0.6) is 0 Å². The number of fused-ring (bicyclic) bond motifs is 1. The molecule has 0 bridgehead atoms. The van der Waals surface area contributed by atoms with Gasteiger partial charge in [0.1, 0.15) is 5.82 Å². The number of hydrogen-bond acceptors (Lipinski definition) is 3. The second-order valence-corrected chi connectivity index (χ2v) is 4.66. The van der Waals surface area contributed by atoms with E-state index in [1.54, 1.807) is 6.08 Å². The lowest BCUT2D eigenvalue weighted by Gasteiger charge is -2.08. The Labute approximate surface area is 99.0 Å². The maximum atomic E-state index is 10.5. The Balaban J connectivity index is 2.20. The molecule has 1 saturated carbocycles. The zero-order chi connectivity index (χ0) is 12.0. The van der Waals surface area contributed by atoms with E-state index in [2.05, 4.69) is 20.6 Å². The Hall–Kier alpha value is -1.93. The highest BCUT2D eigenvalue weighted by Gasteiger charge is 2.44. The molecule has 4 nitrogen and oxygen atoms in total. The predicted molar refractivity (Wildman–Crippen MR) is 64.5 cm³/mol. The molecule has 1 heterocycles. The van der Waals surface area contributed by atoms with Crippen LogP contribution in [0.4, 0.5) is 0 Å². The van der Waals surface area contributed by atoms with Crippen molar-refractivity contribution in [2.24, 2.45) is 12.0 Å².